The van der Waals surface area contributed by atoms with Crippen molar-refractivity contribution in [2.24, 2.45) is 0 Å². The fourth-order valence-corrected chi connectivity index (χ4v) is 3.80. The van der Waals surface area contributed by atoms with E-state index in [2.05, 4.69) is 69.3 Å². The highest BCUT2D eigenvalue weighted by Crippen LogP contribution is 2.43. The average Bonchev–Trinajstić information content (AvgIpc) is 2.61. The number of rotatable bonds is 1. The molecule has 4 rings (SSSR count). The van der Waals surface area contributed by atoms with Crippen LogP contribution in [0.1, 0.15) is 38.3 Å². The van der Waals surface area contributed by atoms with Gasteiger partial charge < -0.3 is 0 Å². The molecule has 3 aromatic carbocycles. The van der Waals surface area contributed by atoms with E-state index < -0.39 is 0 Å². The average molecular weight is 329 g/mol. The third-order valence-corrected chi connectivity index (χ3v) is 5.02. The summed E-state index contributed by atoms with van der Waals surface area (Å²) < 4.78 is 0. The smallest absolute Gasteiger partial charge is 0.231 e. The van der Waals surface area contributed by atoms with Gasteiger partial charge in [-0.1, -0.05) is 75.4 Å². The molecule has 0 N–H and O–H groups in total. The van der Waals surface area contributed by atoms with E-state index in [-0.39, 0.29) is 11.3 Å². The number of carbonyl (C=O) groups is 1. The summed E-state index contributed by atoms with van der Waals surface area (Å²) in [6, 6.07) is 21.0. The number of fused-ring (bicyclic) bond motifs is 3. The lowest BCUT2D eigenvalue weighted by molar-refractivity contribution is -0.118. The van der Waals surface area contributed by atoms with E-state index in [1.54, 1.807) is 0 Å². The topological polar surface area (TPSA) is 20.3 Å². The highest BCUT2D eigenvalue weighted by molar-refractivity contribution is 6.11. The Morgan fingerprint density at radius 2 is 1.56 bits per heavy atom. The zero-order valence-electron chi connectivity index (χ0n) is 15.0. The third kappa shape index (κ3) is 2.62. The number of anilines is 2. The second-order valence-corrected chi connectivity index (χ2v) is 7.79. The Labute approximate surface area is 149 Å². The summed E-state index contributed by atoms with van der Waals surface area (Å²) in [5.41, 5.74) is 4.49. The lowest BCUT2D eigenvalue weighted by Gasteiger charge is -2.34. The van der Waals surface area contributed by atoms with Crippen LogP contribution in [0.5, 0.6) is 0 Å². The van der Waals surface area contributed by atoms with E-state index in [1.165, 1.54) is 16.5 Å². The number of nitrogens with zero attached hydrogens (tertiary/aromatic N) is 1. The number of carbonyl (C=O) groups excluding carboxylic acids is 1. The molecule has 0 bridgehead atoms. The van der Waals surface area contributed by atoms with E-state index in [4.69, 9.17) is 0 Å². The predicted molar refractivity (Wildman–Crippen MR) is 105 cm³/mol. The van der Waals surface area contributed by atoms with Gasteiger partial charge in [0.25, 0.3) is 0 Å². The molecule has 0 spiro atoms. The summed E-state index contributed by atoms with van der Waals surface area (Å²) in [4.78, 5) is 15.0. The first-order chi connectivity index (χ1) is 12.0. The van der Waals surface area contributed by atoms with Gasteiger partial charge in [0.15, 0.2) is 0 Å². The molecule has 0 aliphatic carbocycles. The maximum Gasteiger partial charge on any atom is 0.231 e. The monoisotopic (exact) mass is 329 g/mol. The van der Waals surface area contributed by atoms with Gasteiger partial charge in [-0.2, -0.15) is 0 Å². The van der Waals surface area contributed by atoms with Crippen LogP contribution in [-0.4, -0.2) is 5.91 Å². The van der Waals surface area contributed by atoms with Crippen LogP contribution in [0.4, 0.5) is 11.4 Å². The fourth-order valence-electron chi connectivity index (χ4n) is 3.80. The van der Waals surface area contributed by atoms with Crippen molar-refractivity contribution in [3.05, 3.63) is 71.8 Å². The summed E-state index contributed by atoms with van der Waals surface area (Å²) >= 11 is 0. The van der Waals surface area contributed by atoms with Crippen LogP contribution in [0.2, 0.25) is 0 Å². The van der Waals surface area contributed by atoms with E-state index >= 15 is 0 Å². The van der Waals surface area contributed by atoms with Gasteiger partial charge in [-0.25, -0.2) is 0 Å². The Kier molecular flexibility index (Phi) is 3.64. The molecule has 1 aliphatic rings. The predicted octanol–water partition coefficient (Wildman–Crippen LogP) is 5.75. The molecule has 0 fully saturated rings. The molecule has 0 atom stereocenters. The van der Waals surface area contributed by atoms with Crippen LogP contribution in [0.15, 0.2) is 60.7 Å². The van der Waals surface area contributed by atoms with E-state index in [0.717, 1.165) is 23.2 Å². The molecule has 1 aliphatic heterocycles. The summed E-state index contributed by atoms with van der Waals surface area (Å²) in [7, 11) is 0. The van der Waals surface area contributed by atoms with Crippen LogP contribution in [0.25, 0.3) is 10.8 Å². The van der Waals surface area contributed by atoms with Gasteiger partial charge in [0.2, 0.25) is 5.91 Å². The second-order valence-electron chi connectivity index (χ2n) is 7.79. The Morgan fingerprint density at radius 3 is 2.36 bits per heavy atom. The first-order valence-electron chi connectivity index (χ1n) is 8.90. The van der Waals surface area contributed by atoms with Crippen molar-refractivity contribution in [3.63, 3.8) is 0 Å². The van der Waals surface area contributed by atoms with Crippen molar-refractivity contribution in [1.29, 1.82) is 0 Å². The molecule has 2 nitrogen and oxygen atoms in total. The minimum Gasteiger partial charge on any atom is -0.280 e. The molecule has 0 radical (unpaired) electrons. The molecule has 1 amide bonds. The molecule has 0 saturated heterocycles. The van der Waals surface area contributed by atoms with Crippen LogP contribution in [0, 0.1) is 0 Å². The molecular weight excluding hydrogens is 306 g/mol. The van der Waals surface area contributed by atoms with Gasteiger partial charge in [-0.15, -0.1) is 0 Å². The number of hydrogen-bond donors (Lipinski definition) is 0. The fraction of sp³-hybridized carbons (Fsp3) is 0.261. The summed E-state index contributed by atoms with van der Waals surface area (Å²) in [6.07, 6.45) is 1.37. The summed E-state index contributed by atoms with van der Waals surface area (Å²) in [6.45, 7) is 6.60. The van der Waals surface area contributed by atoms with Crippen LogP contribution >= 0.6 is 0 Å². The van der Waals surface area contributed by atoms with Crippen LogP contribution in [-0.2, 0) is 16.6 Å². The molecular formula is C23H23NO. The van der Waals surface area contributed by atoms with Gasteiger partial charge >= 0.3 is 0 Å². The molecule has 1 heterocycles. The first-order valence-corrected chi connectivity index (χ1v) is 8.90. The molecule has 3 aromatic rings. The standard InChI is InChI=1S/C23H23NO/c1-23(2,3)19-10-6-7-11-20(19)24-21(25)15-14-17-13-12-16-8-4-5-9-18(16)22(17)24/h4-13H,14-15H2,1-3H3. The Morgan fingerprint density at radius 1 is 0.840 bits per heavy atom. The first kappa shape index (κ1) is 15.9. The molecule has 126 valence electrons. The largest absolute Gasteiger partial charge is 0.280 e. The zero-order chi connectivity index (χ0) is 17.6. The normalized spacial score (nSPS) is 14.7. The number of amides is 1. The van der Waals surface area contributed by atoms with Gasteiger partial charge in [-0.3, -0.25) is 9.69 Å². The lowest BCUT2D eigenvalue weighted by atomic mass is 9.84. The number of para-hydroxylation sites is 1. The second kappa shape index (κ2) is 5.73. The van der Waals surface area contributed by atoms with E-state index in [1.807, 2.05) is 17.0 Å². The SMILES string of the molecule is CC(C)(C)c1ccccc1N1C(=O)CCc2ccc3ccccc3c21. The summed E-state index contributed by atoms with van der Waals surface area (Å²) in [5, 5.41) is 2.32. The van der Waals surface area contributed by atoms with Gasteiger partial charge in [0.05, 0.1) is 11.4 Å². The highest BCUT2D eigenvalue weighted by Gasteiger charge is 2.30. The Hall–Kier alpha value is -2.61. The van der Waals surface area contributed by atoms with Crippen molar-refractivity contribution in [2.75, 3.05) is 4.90 Å². The zero-order valence-corrected chi connectivity index (χ0v) is 15.0. The van der Waals surface area contributed by atoms with Gasteiger partial charge in [-0.05, 0) is 34.4 Å². The maximum atomic E-state index is 13.0. The van der Waals surface area contributed by atoms with Crippen LogP contribution in [0.3, 0.4) is 0 Å². The molecule has 25 heavy (non-hydrogen) atoms. The van der Waals surface area contributed by atoms with Gasteiger partial charge in [0.1, 0.15) is 0 Å². The quantitative estimate of drug-likeness (QED) is 0.557. The molecule has 0 saturated carbocycles. The highest BCUT2D eigenvalue weighted by atomic mass is 16.2. The molecule has 0 unspecified atom stereocenters. The van der Waals surface area contributed by atoms with Crippen molar-refractivity contribution in [2.45, 2.75) is 39.0 Å². The number of benzene rings is 3. The maximum absolute atomic E-state index is 13.0. The van der Waals surface area contributed by atoms with Gasteiger partial charge in [0, 0.05) is 11.8 Å². The van der Waals surface area contributed by atoms with Crippen LogP contribution < -0.4 is 4.90 Å². The van der Waals surface area contributed by atoms with Crippen molar-refractivity contribution >= 4 is 28.1 Å². The minimum absolute atomic E-state index is 0.0287. The lowest BCUT2D eigenvalue weighted by Crippen LogP contribution is -2.33. The summed E-state index contributed by atoms with van der Waals surface area (Å²) in [5.74, 6) is 0.181. The third-order valence-electron chi connectivity index (χ3n) is 5.02. The Bertz CT molecular complexity index is 965. The van der Waals surface area contributed by atoms with E-state index in [9.17, 15) is 4.79 Å². The van der Waals surface area contributed by atoms with E-state index in [0.29, 0.717) is 6.42 Å². The Balaban J connectivity index is 2.03. The minimum atomic E-state index is -0.0287. The molecule has 2 heteroatoms. The van der Waals surface area contributed by atoms with Crippen molar-refractivity contribution in [3.8, 4) is 0 Å². The molecule has 0 aromatic heterocycles. The van der Waals surface area contributed by atoms with Crippen molar-refractivity contribution < 1.29 is 4.79 Å². The number of hydrogen-bond acceptors (Lipinski definition) is 1. The number of aryl methyl sites for hydroxylation is 1. The van der Waals surface area contributed by atoms with Crippen molar-refractivity contribution in [1.82, 2.24) is 0 Å².